The van der Waals surface area contributed by atoms with E-state index >= 15 is 0 Å². The Labute approximate surface area is 121 Å². The zero-order valence-electron chi connectivity index (χ0n) is 11.3. The first-order valence-electron chi connectivity index (χ1n) is 6.80. The summed E-state index contributed by atoms with van der Waals surface area (Å²) in [6.07, 6.45) is 4.79. The summed E-state index contributed by atoms with van der Waals surface area (Å²) in [7, 11) is 0. The van der Waals surface area contributed by atoms with Crippen molar-refractivity contribution in [3.05, 3.63) is 17.8 Å². The Kier molecular flexibility index (Phi) is 3.33. The van der Waals surface area contributed by atoms with E-state index in [1.807, 2.05) is 11.4 Å². The first-order chi connectivity index (χ1) is 9.61. The highest BCUT2D eigenvalue weighted by Crippen LogP contribution is 2.37. The fourth-order valence-electron chi connectivity index (χ4n) is 3.02. The topological polar surface area (TPSA) is 75.1 Å². The van der Waals surface area contributed by atoms with E-state index in [1.54, 1.807) is 0 Å². The molecule has 1 saturated carbocycles. The van der Waals surface area contributed by atoms with Gasteiger partial charge in [-0.3, -0.25) is 0 Å². The molecule has 2 N–H and O–H groups in total. The zero-order chi connectivity index (χ0) is 14.2. The van der Waals surface area contributed by atoms with Crippen molar-refractivity contribution in [3.63, 3.8) is 0 Å². The van der Waals surface area contributed by atoms with Gasteiger partial charge in [-0.25, -0.2) is 14.8 Å². The van der Waals surface area contributed by atoms with Gasteiger partial charge in [0.25, 0.3) is 0 Å². The third kappa shape index (κ3) is 2.24. The second kappa shape index (κ2) is 5.01. The summed E-state index contributed by atoms with van der Waals surface area (Å²) < 4.78 is 0.923. The van der Waals surface area contributed by atoms with E-state index in [0.717, 1.165) is 23.1 Å². The Morgan fingerprint density at radius 1 is 1.55 bits per heavy atom. The van der Waals surface area contributed by atoms with Gasteiger partial charge in [-0.1, -0.05) is 19.8 Å². The molecule has 1 aliphatic carbocycles. The molecular formula is C14H17N3O2S. The van der Waals surface area contributed by atoms with Gasteiger partial charge in [-0.05, 0) is 30.2 Å². The first kappa shape index (κ1) is 13.3. The molecule has 106 valence electrons. The standard InChI is InChI=1S/C14H17N3O2S/c1-9-3-2-5-14(7-9,13(18)19)17-12-11-10(4-6-20-11)15-8-16-12/h4,6,8-9H,2-3,5,7H2,1H3,(H,18,19)(H,15,16,17). The van der Waals surface area contributed by atoms with Crippen LogP contribution in [0.3, 0.4) is 0 Å². The summed E-state index contributed by atoms with van der Waals surface area (Å²) in [4.78, 5) is 20.2. The van der Waals surface area contributed by atoms with Crippen molar-refractivity contribution in [1.82, 2.24) is 9.97 Å². The van der Waals surface area contributed by atoms with Crippen LogP contribution in [0.4, 0.5) is 5.82 Å². The first-order valence-corrected chi connectivity index (χ1v) is 7.68. The Hall–Kier alpha value is -1.69. The van der Waals surface area contributed by atoms with Gasteiger partial charge in [0.05, 0.1) is 10.2 Å². The van der Waals surface area contributed by atoms with Crippen molar-refractivity contribution in [2.24, 2.45) is 5.92 Å². The van der Waals surface area contributed by atoms with Gasteiger partial charge >= 0.3 is 5.97 Å². The summed E-state index contributed by atoms with van der Waals surface area (Å²) in [5.74, 6) is 0.266. The van der Waals surface area contributed by atoms with Crippen LogP contribution >= 0.6 is 11.3 Å². The number of carboxylic acid groups (broad SMARTS) is 1. The lowest BCUT2D eigenvalue weighted by atomic mass is 9.76. The van der Waals surface area contributed by atoms with Gasteiger partial charge < -0.3 is 10.4 Å². The largest absolute Gasteiger partial charge is 0.480 e. The normalized spacial score (nSPS) is 26.6. The number of aromatic nitrogens is 2. The summed E-state index contributed by atoms with van der Waals surface area (Å²) in [5, 5.41) is 14.8. The van der Waals surface area contributed by atoms with Crippen LogP contribution in [-0.4, -0.2) is 26.6 Å². The van der Waals surface area contributed by atoms with Crippen molar-refractivity contribution in [2.75, 3.05) is 5.32 Å². The van der Waals surface area contributed by atoms with E-state index < -0.39 is 11.5 Å². The predicted molar refractivity (Wildman–Crippen MR) is 79.0 cm³/mol. The molecule has 20 heavy (non-hydrogen) atoms. The van der Waals surface area contributed by atoms with Crippen molar-refractivity contribution >= 4 is 33.3 Å². The predicted octanol–water partition coefficient (Wildman–Crippen LogP) is 3.14. The molecule has 2 unspecified atom stereocenters. The van der Waals surface area contributed by atoms with Crippen molar-refractivity contribution in [2.45, 2.75) is 38.1 Å². The molecule has 0 radical (unpaired) electrons. The lowest BCUT2D eigenvalue weighted by molar-refractivity contribution is -0.144. The van der Waals surface area contributed by atoms with E-state index in [1.165, 1.54) is 17.7 Å². The molecule has 2 aromatic rings. The Morgan fingerprint density at radius 2 is 2.40 bits per heavy atom. The van der Waals surface area contributed by atoms with Crippen molar-refractivity contribution < 1.29 is 9.90 Å². The van der Waals surface area contributed by atoms with E-state index in [2.05, 4.69) is 22.2 Å². The maximum Gasteiger partial charge on any atom is 0.329 e. The molecule has 0 spiro atoms. The number of carboxylic acids is 1. The number of carbonyl (C=O) groups is 1. The molecule has 0 aliphatic heterocycles. The minimum atomic E-state index is -0.900. The third-order valence-corrected chi connectivity index (χ3v) is 4.92. The van der Waals surface area contributed by atoms with Crippen LogP contribution in [0, 0.1) is 5.92 Å². The molecule has 2 heterocycles. The van der Waals surface area contributed by atoms with Crippen LogP contribution in [0.25, 0.3) is 10.2 Å². The van der Waals surface area contributed by atoms with Crippen LogP contribution in [0.15, 0.2) is 17.8 Å². The summed E-state index contributed by atoms with van der Waals surface area (Å²) >= 11 is 1.53. The number of nitrogens with one attached hydrogen (secondary N) is 1. The van der Waals surface area contributed by atoms with Crippen LogP contribution in [0.2, 0.25) is 0 Å². The number of hydrogen-bond acceptors (Lipinski definition) is 5. The molecule has 0 amide bonds. The third-order valence-electron chi connectivity index (χ3n) is 4.01. The maximum atomic E-state index is 11.8. The molecule has 0 aromatic carbocycles. The average Bonchev–Trinajstić information content (AvgIpc) is 2.88. The highest BCUT2D eigenvalue weighted by atomic mass is 32.1. The maximum absolute atomic E-state index is 11.8. The highest BCUT2D eigenvalue weighted by molar-refractivity contribution is 7.17. The van der Waals surface area contributed by atoms with E-state index in [0.29, 0.717) is 24.6 Å². The number of nitrogens with zero attached hydrogens (tertiary/aromatic N) is 2. The monoisotopic (exact) mass is 291 g/mol. The molecule has 0 saturated heterocycles. The summed E-state index contributed by atoms with van der Waals surface area (Å²) in [5.41, 5.74) is -0.0416. The smallest absolute Gasteiger partial charge is 0.329 e. The SMILES string of the molecule is CC1CCCC(Nc2ncnc3ccsc23)(C(=O)O)C1. The van der Waals surface area contributed by atoms with Crippen molar-refractivity contribution in [3.8, 4) is 0 Å². The quantitative estimate of drug-likeness (QED) is 0.908. The van der Waals surface area contributed by atoms with Gasteiger partial charge in [0.2, 0.25) is 0 Å². The molecule has 1 fully saturated rings. The summed E-state index contributed by atoms with van der Waals surface area (Å²) in [6, 6.07) is 1.92. The fraction of sp³-hybridized carbons (Fsp3) is 0.500. The minimum absolute atomic E-state index is 0.410. The average molecular weight is 291 g/mol. The molecule has 1 aliphatic rings. The number of rotatable bonds is 3. The zero-order valence-corrected chi connectivity index (χ0v) is 12.1. The summed E-state index contributed by atoms with van der Waals surface area (Å²) in [6.45, 7) is 2.11. The number of aliphatic carboxylic acids is 1. The molecule has 2 atom stereocenters. The molecular weight excluding hydrogens is 274 g/mol. The molecule has 6 heteroatoms. The van der Waals surface area contributed by atoms with Crippen LogP contribution in [0.1, 0.15) is 32.6 Å². The number of hydrogen-bond donors (Lipinski definition) is 2. The molecule has 5 nitrogen and oxygen atoms in total. The second-order valence-electron chi connectivity index (χ2n) is 5.57. The van der Waals surface area contributed by atoms with E-state index in [4.69, 9.17) is 0 Å². The Morgan fingerprint density at radius 3 is 3.15 bits per heavy atom. The van der Waals surface area contributed by atoms with Crippen LogP contribution in [-0.2, 0) is 4.79 Å². The number of anilines is 1. The van der Waals surface area contributed by atoms with Crippen LogP contribution in [0.5, 0.6) is 0 Å². The Balaban J connectivity index is 1.98. The van der Waals surface area contributed by atoms with Gasteiger partial charge in [0.1, 0.15) is 17.7 Å². The van der Waals surface area contributed by atoms with Gasteiger partial charge in [0, 0.05) is 0 Å². The van der Waals surface area contributed by atoms with Gasteiger partial charge in [-0.2, -0.15) is 0 Å². The lowest BCUT2D eigenvalue weighted by Gasteiger charge is -2.37. The highest BCUT2D eigenvalue weighted by Gasteiger charge is 2.42. The van der Waals surface area contributed by atoms with E-state index in [9.17, 15) is 9.90 Å². The van der Waals surface area contributed by atoms with Crippen LogP contribution < -0.4 is 5.32 Å². The van der Waals surface area contributed by atoms with Gasteiger partial charge in [-0.15, -0.1) is 11.3 Å². The van der Waals surface area contributed by atoms with E-state index in [-0.39, 0.29) is 0 Å². The minimum Gasteiger partial charge on any atom is -0.480 e. The molecule has 0 bridgehead atoms. The van der Waals surface area contributed by atoms with Crippen molar-refractivity contribution in [1.29, 1.82) is 0 Å². The molecule has 2 aromatic heterocycles. The number of fused-ring (bicyclic) bond motifs is 1. The number of thiophene rings is 1. The second-order valence-corrected chi connectivity index (χ2v) is 6.49. The lowest BCUT2D eigenvalue weighted by Crippen LogP contribution is -2.49. The Bertz CT molecular complexity index is 642. The molecule has 3 rings (SSSR count). The fourth-order valence-corrected chi connectivity index (χ4v) is 3.81. The van der Waals surface area contributed by atoms with Gasteiger partial charge in [0.15, 0.2) is 0 Å².